The Kier molecular flexibility index (Phi) is 4.58. The van der Waals surface area contributed by atoms with Crippen LogP contribution in [0.3, 0.4) is 0 Å². The quantitative estimate of drug-likeness (QED) is 0.698. The van der Waals surface area contributed by atoms with Crippen LogP contribution in [-0.4, -0.2) is 37.8 Å². The smallest absolute Gasteiger partial charge is 0.222 e. The van der Waals surface area contributed by atoms with Crippen LogP contribution in [-0.2, 0) is 5.41 Å². The molecule has 1 saturated carbocycles. The fraction of sp³-hybridized carbons (Fsp3) is 0.263. The minimum Gasteiger partial charge on any atom is -0.506 e. The predicted molar refractivity (Wildman–Crippen MR) is 95.4 cm³/mol. The monoisotopic (exact) mass is 387 g/mol. The Bertz CT molecular complexity index is 993. The van der Waals surface area contributed by atoms with E-state index in [1.54, 1.807) is 0 Å². The van der Waals surface area contributed by atoms with Crippen LogP contribution in [0.25, 0.3) is 11.3 Å². The summed E-state index contributed by atoms with van der Waals surface area (Å²) in [6, 6.07) is 3.74. The summed E-state index contributed by atoms with van der Waals surface area (Å²) in [5, 5.41) is 12.2. The van der Waals surface area contributed by atoms with E-state index in [0.29, 0.717) is 5.56 Å². The number of aromatic hydroxyl groups is 1. The minimum absolute atomic E-state index is 0.00985. The van der Waals surface area contributed by atoms with Gasteiger partial charge in [0.1, 0.15) is 23.4 Å². The first-order chi connectivity index (χ1) is 13.5. The van der Waals surface area contributed by atoms with Gasteiger partial charge < -0.3 is 10.4 Å². The Balaban J connectivity index is 1.51. The third-order valence-corrected chi connectivity index (χ3v) is 4.82. The van der Waals surface area contributed by atoms with E-state index < -0.39 is 23.2 Å². The Morgan fingerprint density at radius 3 is 2.46 bits per heavy atom. The first kappa shape index (κ1) is 18.1. The highest BCUT2D eigenvalue weighted by molar-refractivity contribution is 5.58. The van der Waals surface area contributed by atoms with Gasteiger partial charge in [0, 0.05) is 42.2 Å². The maximum atomic E-state index is 14.2. The molecule has 1 fully saturated rings. The zero-order valence-electron chi connectivity index (χ0n) is 14.6. The summed E-state index contributed by atoms with van der Waals surface area (Å²) in [5.74, 6) is -1.21. The van der Waals surface area contributed by atoms with Crippen molar-refractivity contribution in [3.05, 3.63) is 60.3 Å². The van der Waals surface area contributed by atoms with Crippen molar-refractivity contribution in [1.29, 1.82) is 0 Å². The average molecular weight is 387 g/mol. The molecular weight excluding hydrogens is 371 g/mol. The van der Waals surface area contributed by atoms with Crippen molar-refractivity contribution in [2.75, 3.05) is 11.9 Å². The average Bonchev–Trinajstić information content (AvgIpc) is 2.65. The van der Waals surface area contributed by atoms with E-state index in [9.17, 15) is 18.3 Å². The van der Waals surface area contributed by atoms with Crippen LogP contribution < -0.4 is 5.32 Å². The van der Waals surface area contributed by atoms with E-state index in [2.05, 4.69) is 25.3 Å². The molecule has 3 heterocycles. The first-order valence-electron chi connectivity index (χ1n) is 8.63. The Morgan fingerprint density at radius 1 is 1.07 bits per heavy atom. The molecule has 0 aromatic carbocycles. The summed E-state index contributed by atoms with van der Waals surface area (Å²) < 4.78 is 41.6. The van der Waals surface area contributed by atoms with Gasteiger partial charge in [0.15, 0.2) is 5.82 Å². The molecule has 0 aliphatic heterocycles. The van der Waals surface area contributed by atoms with Gasteiger partial charge in [0.2, 0.25) is 5.95 Å². The summed E-state index contributed by atoms with van der Waals surface area (Å²) in [6.07, 6.45) is 4.68. The third-order valence-electron chi connectivity index (χ3n) is 4.82. The molecule has 28 heavy (non-hydrogen) atoms. The highest BCUT2D eigenvalue weighted by Gasteiger charge is 2.48. The largest absolute Gasteiger partial charge is 0.506 e. The lowest BCUT2D eigenvalue weighted by Gasteiger charge is -2.43. The molecule has 0 atom stereocenters. The number of nitrogens with one attached hydrogen (secondary N) is 1. The molecular formula is C19H16F3N5O. The van der Waals surface area contributed by atoms with Gasteiger partial charge >= 0.3 is 0 Å². The fourth-order valence-electron chi connectivity index (χ4n) is 3.42. The van der Waals surface area contributed by atoms with Gasteiger partial charge in [-0.15, -0.1) is 0 Å². The van der Waals surface area contributed by atoms with Crippen molar-refractivity contribution in [3.63, 3.8) is 0 Å². The van der Waals surface area contributed by atoms with Gasteiger partial charge in [-0.25, -0.2) is 28.1 Å². The van der Waals surface area contributed by atoms with Crippen LogP contribution in [0, 0.1) is 11.6 Å². The van der Waals surface area contributed by atoms with Gasteiger partial charge in [0.25, 0.3) is 0 Å². The van der Waals surface area contributed by atoms with Crippen LogP contribution in [0.2, 0.25) is 0 Å². The number of alkyl halides is 1. The molecule has 0 saturated heterocycles. The van der Waals surface area contributed by atoms with E-state index in [1.165, 1.54) is 30.7 Å². The second-order valence-corrected chi connectivity index (χ2v) is 6.79. The lowest BCUT2D eigenvalue weighted by atomic mass is 9.65. The first-order valence-corrected chi connectivity index (χ1v) is 8.63. The Morgan fingerprint density at radius 2 is 1.82 bits per heavy atom. The standard InChI is InChI=1S/C19H16F3N5O/c20-12-5-19(6-12,17-14(21)2-1-3-23-17)10-27-18-25-7-11(8-26-18)16-15(22)4-13(28)9-24-16/h1-4,7-9,12,28H,5-6,10H2,(H,25,26,27). The number of hydrogen-bond donors (Lipinski definition) is 2. The Labute approximate surface area is 158 Å². The van der Waals surface area contributed by atoms with Crippen molar-refractivity contribution < 1.29 is 18.3 Å². The van der Waals surface area contributed by atoms with Crippen LogP contribution in [0.1, 0.15) is 18.5 Å². The highest BCUT2D eigenvalue weighted by atomic mass is 19.1. The predicted octanol–water partition coefficient (Wildman–Crippen LogP) is 3.40. The molecule has 3 aromatic heterocycles. The van der Waals surface area contributed by atoms with Gasteiger partial charge in [-0.2, -0.15) is 0 Å². The maximum absolute atomic E-state index is 14.2. The van der Waals surface area contributed by atoms with E-state index in [0.717, 1.165) is 12.3 Å². The minimum atomic E-state index is -1.00. The summed E-state index contributed by atoms with van der Waals surface area (Å²) in [5.41, 5.74) is -0.197. The summed E-state index contributed by atoms with van der Waals surface area (Å²) in [6.45, 7) is 0.215. The van der Waals surface area contributed by atoms with Crippen molar-refractivity contribution in [3.8, 4) is 17.0 Å². The lowest BCUT2D eigenvalue weighted by Crippen LogP contribution is -2.49. The summed E-state index contributed by atoms with van der Waals surface area (Å²) in [7, 11) is 0. The van der Waals surface area contributed by atoms with E-state index in [-0.39, 0.29) is 42.5 Å². The molecule has 2 N–H and O–H groups in total. The zero-order chi connectivity index (χ0) is 19.7. The molecule has 6 nitrogen and oxygen atoms in total. The fourth-order valence-corrected chi connectivity index (χ4v) is 3.42. The molecule has 0 unspecified atom stereocenters. The van der Waals surface area contributed by atoms with Crippen LogP contribution >= 0.6 is 0 Å². The van der Waals surface area contributed by atoms with Crippen molar-refractivity contribution >= 4 is 5.95 Å². The summed E-state index contributed by atoms with van der Waals surface area (Å²) in [4.78, 5) is 16.2. The number of aromatic nitrogens is 4. The van der Waals surface area contributed by atoms with Crippen LogP contribution in [0.5, 0.6) is 5.75 Å². The van der Waals surface area contributed by atoms with Crippen molar-refractivity contribution in [2.24, 2.45) is 0 Å². The normalized spacial score (nSPS) is 21.2. The molecule has 1 aliphatic carbocycles. The van der Waals surface area contributed by atoms with E-state index in [1.807, 2.05) is 0 Å². The van der Waals surface area contributed by atoms with Crippen LogP contribution in [0.4, 0.5) is 19.1 Å². The molecule has 3 aromatic rings. The van der Waals surface area contributed by atoms with Gasteiger partial charge in [0.05, 0.1) is 11.9 Å². The number of nitrogens with zero attached hydrogens (tertiary/aromatic N) is 4. The number of anilines is 1. The molecule has 144 valence electrons. The summed E-state index contributed by atoms with van der Waals surface area (Å²) >= 11 is 0. The number of pyridine rings is 2. The molecule has 1 aliphatic rings. The molecule has 0 amide bonds. The van der Waals surface area contributed by atoms with Crippen LogP contribution in [0.15, 0.2) is 43.0 Å². The molecule has 9 heteroatoms. The Hall–Kier alpha value is -3.23. The van der Waals surface area contributed by atoms with Crippen molar-refractivity contribution in [1.82, 2.24) is 19.9 Å². The van der Waals surface area contributed by atoms with Gasteiger partial charge in [-0.05, 0) is 25.0 Å². The van der Waals surface area contributed by atoms with E-state index >= 15 is 0 Å². The highest BCUT2D eigenvalue weighted by Crippen LogP contribution is 2.45. The number of halogens is 3. The second-order valence-electron chi connectivity index (χ2n) is 6.79. The zero-order valence-corrected chi connectivity index (χ0v) is 14.6. The molecule has 0 radical (unpaired) electrons. The SMILES string of the molecule is Oc1cnc(-c2cnc(NCC3(c4ncccc4F)CC(F)C3)nc2)c(F)c1. The third kappa shape index (κ3) is 3.35. The molecule has 0 bridgehead atoms. The maximum Gasteiger partial charge on any atom is 0.222 e. The molecule has 4 rings (SSSR count). The van der Waals surface area contributed by atoms with E-state index in [4.69, 9.17) is 0 Å². The van der Waals surface area contributed by atoms with Crippen molar-refractivity contribution in [2.45, 2.75) is 24.4 Å². The molecule has 0 spiro atoms. The van der Waals surface area contributed by atoms with Gasteiger partial charge in [-0.3, -0.25) is 4.98 Å². The lowest BCUT2D eigenvalue weighted by molar-refractivity contribution is 0.0963. The second kappa shape index (κ2) is 7.06. The topological polar surface area (TPSA) is 83.8 Å². The van der Waals surface area contributed by atoms with Gasteiger partial charge in [-0.1, -0.05) is 0 Å². The number of hydrogen-bond acceptors (Lipinski definition) is 6. The number of rotatable bonds is 5.